The fourth-order valence-corrected chi connectivity index (χ4v) is 3.84. The number of hydrogen-bond donors (Lipinski definition) is 1. The van der Waals surface area contributed by atoms with Crippen molar-refractivity contribution in [3.63, 3.8) is 0 Å². The highest BCUT2D eigenvalue weighted by Gasteiger charge is 2.20. The van der Waals surface area contributed by atoms with Gasteiger partial charge in [-0.1, -0.05) is 18.6 Å². The molecule has 1 aromatic carbocycles. The van der Waals surface area contributed by atoms with Crippen molar-refractivity contribution < 1.29 is 0 Å². The van der Waals surface area contributed by atoms with Gasteiger partial charge in [0.25, 0.3) is 0 Å². The summed E-state index contributed by atoms with van der Waals surface area (Å²) in [6.07, 6.45) is 5.06. The Morgan fingerprint density at radius 2 is 2.06 bits per heavy atom. The molecule has 1 aromatic rings. The first-order valence-electron chi connectivity index (χ1n) is 5.87. The van der Waals surface area contributed by atoms with Crippen molar-refractivity contribution in [3.8, 4) is 0 Å². The summed E-state index contributed by atoms with van der Waals surface area (Å²) in [5.74, 6) is 1.30. The van der Waals surface area contributed by atoms with Crippen LogP contribution < -0.4 is 5.73 Å². The van der Waals surface area contributed by atoms with Crippen LogP contribution in [0.2, 0.25) is 0 Å². The molecule has 0 aliphatic carbocycles. The Kier molecular flexibility index (Phi) is 4.97. The highest BCUT2D eigenvalue weighted by Crippen LogP contribution is 2.28. The number of thioether (sulfide) groups is 1. The minimum atomic E-state index is 0.324. The van der Waals surface area contributed by atoms with E-state index < -0.39 is 0 Å². The van der Waals surface area contributed by atoms with Gasteiger partial charge in [-0.2, -0.15) is 11.8 Å². The average molecular weight is 347 g/mol. The van der Waals surface area contributed by atoms with Crippen molar-refractivity contribution in [1.29, 1.82) is 0 Å². The first-order valence-corrected chi connectivity index (χ1v) is 8.00. The molecular weight excluding hydrogens is 329 g/mol. The summed E-state index contributed by atoms with van der Waals surface area (Å²) >= 11 is 4.41. The first-order chi connectivity index (χ1) is 7.75. The molecule has 0 spiro atoms. The molecule has 1 nitrogen and oxygen atoms in total. The van der Waals surface area contributed by atoms with E-state index in [1.165, 1.54) is 34.1 Å². The van der Waals surface area contributed by atoms with Crippen LogP contribution in [0.3, 0.4) is 0 Å². The number of nitrogens with two attached hydrogens (primary N) is 1. The van der Waals surface area contributed by atoms with Crippen LogP contribution in [-0.2, 0) is 6.42 Å². The van der Waals surface area contributed by atoms with Gasteiger partial charge in [-0.3, -0.25) is 0 Å². The van der Waals surface area contributed by atoms with E-state index in [1.54, 1.807) is 0 Å². The monoisotopic (exact) mass is 347 g/mol. The van der Waals surface area contributed by atoms with Crippen molar-refractivity contribution in [2.75, 3.05) is 5.75 Å². The molecule has 3 heteroatoms. The smallest absolute Gasteiger partial charge is 0.0202 e. The van der Waals surface area contributed by atoms with Crippen LogP contribution >= 0.6 is 34.4 Å². The molecule has 1 saturated heterocycles. The third-order valence-corrected chi connectivity index (χ3v) is 5.33. The Morgan fingerprint density at radius 3 is 2.69 bits per heavy atom. The van der Waals surface area contributed by atoms with E-state index >= 15 is 0 Å². The largest absolute Gasteiger partial charge is 0.326 e. The van der Waals surface area contributed by atoms with Gasteiger partial charge in [0, 0.05) is 14.9 Å². The summed E-state index contributed by atoms with van der Waals surface area (Å²) in [4.78, 5) is 0. The molecule has 2 unspecified atom stereocenters. The molecule has 0 radical (unpaired) electrons. The lowest BCUT2D eigenvalue weighted by Gasteiger charge is -2.27. The number of halogens is 1. The normalized spacial score (nSPS) is 23.0. The highest BCUT2D eigenvalue weighted by atomic mass is 127. The van der Waals surface area contributed by atoms with E-state index in [0.717, 1.165) is 6.42 Å². The zero-order chi connectivity index (χ0) is 11.4. The Morgan fingerprint density at radius 1 is 1.31 bits per heavy atom. The van der Waals surface area contributed by atoms with Gasteiger partial charge in [0.1, 0.15) is 0 Å². The molecular formula is C13H18INS. The molecule has 88 valence electrons. The summed E-state index contributed by atoms with van der Waals surface area (Å²) in [6, 6.07) is 9.06. The van der Waals surface area contributed by atoms with Crippen LogP contribution in [0.15, 0.2) is 24.3 Å². The van der Waals surface area contributed by atoms with Gasteiger partial charge >= 0.3 is 0 Å². The molecule has 1 fully saturated rings. The van der Waals surface area contributed by atoms with Crippen molar-refractivity contribution >= 4 is 34.4 Å². The molecule has 16 heavy (non-hydrogen) atoms. The van der Waals surface area contributed by atoms with E-state index in [0.29, 0.717) is 11.3 Å². The summed E-state index contributed by atoms with van der Waals surface area (Å²) in [5.41, 5.74) is 7.67. The van der Waals surface area contributed by atoms with Gasteiger partial charge in [0.05, 0.1) is 0 Å². The molecule has 2 rings (SSSR count). The van der Waals surface area contributed by atoms with Crippen LogP contribution in [-0.4, -0.2) is 17.0 Å². The van der Waals surface area contributed by atoms with Gasteiger partial charge in [0.15, 0.2) is 0 Å². The predicted molar refractivity (Wildman–Crippen MR) is 80.9 cm³/mol. The maximum atomic E-state index is 6.30. The Hall–Kier alpha value is 0.260. The van der Waals surface area contributed by atoms with Crippen molar-refractivity contribution in [2.45, 2.75) is 37.0 Å². The van der Waals surface area contributed by atoms with Crippen molar-refractivity contribution in [1.82, 2.24) is 0 Å². The molecule has 0 amide bonds. The molecule has 0 saturated carbocycles. The van der Waals surface area contributed by atoms with E-state index in [1.807, 2.05) is 0 Å². The molecule has 0 aromatic heterocycles. The summed E-state index contributed by atoms with van der Waals surface area (Å²) in [7, 11) is 0. The zero-order valence-corrected chi connectivity index (χ0v) is 12.3. The third-order valence-electron chi connectivity index (χ3n) is 3.08. The number of benzene rings is 1. The second kappa shape index (κ2) is 6.26. The van der Waals surface area contributed by atoms with Crippen molar-refractivity contribution in [2.24, 2.45) is 5.73 Å². The summed E-state index contributed by atoms with van der Waals surface area (Å²) in [5, 5.41) is 0.674. The highest BCUT2D eigenvalue weighted by molar-refractivity contribution is 14.1. The molecule has 0 bridgehead atoms. The van der Waals surface area contributed by atoms with Gasteiger partial charge in [-0.15, -0.1) is 0 Å². The number of rotatable bonds is 3. The summed E-state index contributed by atoms with van der Waals surface area (Å²) < 4.78 is 1.29. The molecule has 1 heterocycles. The Bertz CT molecular complexity index is 319. The van der Waals surface area contributed by atoms with Gasteiger partial charge in [-0.05, 0) is 65.3 Å². The van der Waals surface area contributed by atoms with Crippen LogP contribution in [0, 0.1) is 3.57 Å². The van der Waals surface area contributed by atoms with Gasteiger partial charge in [-0.25, -0.2) is 0 Å². The lowest BCUT2D eigenvalue weighted by Crippen LogP contribution is -2.36. The van der Waals surface area contributed by atoms with E-state index in [9.17, 15) is 0 Å². The van der Waals surface area contributed by atoms with E-state index in [-0.39, 0.29) is 0 Å². The number of hydrogen-bond acceptors (Lipinski definition) is 2. The standard InChI is InChI=1S/C13H18INS/c14-11-6-4-10(5-7-11)9-12(15)13-3-1-2-8-16-13/h4-7,12-13H,1-3,8-9,15H2. The second-order valence-electron chi connectivity index (χ2n) is 4.40. The molecule has 1 aliphatic heterocycles. The lowest BCUT2D eigenvalue weighted by molar-refractivity contribution is 0.559. The predicted octanol–water partition coefficient (Wildman–Crippen LogP) is 3.45. The van der Waals surface area contributed by atoms with Crippen LogP contribution in [0.25, 0.3) is 0 Å². The fraction of sp³-hybridized carbons (Fsp3) is 0.538. The Balaban J connectivity index is 1.90. The SMILES string of the molecule is NC(Cc1ccc(I)cc1)C1CCCCS1. The topological polar surface area (TPSA) is 26.0 Å². The maximum absolute atomic E-state index is 6.30. The maximum Gasteiger partial charge on any atom is 0.0202 e. The van der Waals surface area contributed by atoms with E-state index in [4.69, 9.17) is 5.73 Å². The van der Waals surface area contributed by atoms with Crippen LogP contribution in [0.1, 0.15) is 24.8 Å². The van der Waals surface area contributed by atoms with Gasteiger partial charge in [0.2, 0.25) is 0 Å². The quantitative estimate of drug-likeness (QED) is 0.848. The average Bonchev–Trinajstić information content (AvgIpc) is 2.33. The Labute approximate surface area is 116 Å². The van der Waals surface area contributed by atoms with Crippen LogP contribution in [0.4, 0.5) is 0 Å². The van der Waals surface area contributed by atoms with Gasteiger partial charge < -0.3 is 5.73 Å². The molecule has 2 N–H and O–H groups in total. The lowest BCUT2D eigenvalue weighted by atomic mass is 10.0. The first kappa shape index (κ1) is 12.7. The van der Waals surface area contributed by atoms with Crippen molar-refractivity contribution in [3.05, 3.63) is 33.4 Å². The van der Waals surface area contributed by atoms with E-state index in [2.05, 4.69) is 58.6 Å². The fourth-order valence-electron chi connectivity index (χ4n) is 2.13. The summed E-state index contributed by atoms with van der Waals surface area (Å²) in [6.45, 7) is 0. The third kappa shape index (κ3) is 3.64. The zero-order valence-electron chi connectivity index (χ0n) is 9.36. The minimum absolute atomic E-state index is 0.324. The minimum Gasteiger partial charge on any atom is -0.326 e. The van der Waals surface area contributed by atoms with Crippen LogP contribution in [0.5, 0.6) is 0 Å². The molecule has 2 atom stereocenters. The molecule has 1 aliphatic rings. The second-order valence-corrected chi connectivity index (χ2v) is 6.99.